The standard InChI is InChI=1S/C14H8FNO.C6H5NO2.Ir/c1-16-12-8-3-2-5-9(12)10-6-4-7-11(15)13(10)14(16)17;8-6(9)5-3-1-2-4-7-5;/h2-4,7-8H,1H3;1-4H,(H,8,9);/q-2;;. The Morgan fingerprint density at radius 2 is 1.85 bits per heavy atom. The van der Waals surface area contributed by atoms with Gasteiger partial charge in [-0.3, -0.25) is 4.79 Å². The minimum absolute atomic E-state index is 0. The molecule has 1 N–H and O–H groups in total. The number of carboxylic acids is 1. The molecule has 7 heteroatoms. The van der Waals surface area contributed by atoms with Crippen LogP contribution in [-0.4, -0.2) is 20.6 Å². The van der Waals surface area contributed by atoms with Crippen molar-refractivity contribution in [3.05, 3.63) is 88.7 Å². The number of halogens is 1. The first-order chi connectivity index (χ1) is 12.5. The van der Waals surface area contributed by atoms with Crippen molar-refractivity contribution in [3.63, 3.8) is 0 Å². The van der Waals surface area contributed by atoms with Gasteiger partial charge in [0.05, 0.1) is 0 Å². The van der Waals surface area contributed by atoms with Gasteiger partial charge in [-0.2, -0.15) is 24.3 Å². The van der Waals surface area contributed by atoms with Gasteiger partial charge in [-0.25, -0.2) is 24.9 Å². The Labute approximate surface area is 167 Å². The summed E-state index contributed by atoms with van der Waals surface area (Å²) in [4.78, 5) is 25.8. The van der Waals surface area contributed by atoms with Crippen molar-refractivity contribution in [2.24, 2.45) is 7.05 Å². The average Bonchev–Trinajstić information content (AvgIpc) is 2.67. The van der Waals surface area contributed by atoms with E-state index in [4.69, 9.17) is 5.11 Å². The number of hydrogen-bond donors (Lipinski definition) is 1. The number of aromatic nitrogens is 2. The second-order valence-electron chi connectivity index (χ2n) is 5.39. The Hall–Kier alpha value is -2.89. The summed E-state index contributed by atoms with van der Waals surface area (Å²) in [6, 6.07) is 18.8. The number of hydrogen-bond acceptors (Lipinski definition) is 3. The first kappa shape index (κ1) is 20.4. The molecule has 139 valence electrons. The first-order valence-corrected chi connectivity index (χ1v) is 7.64. The number of nitrogens with zero attached hydrogens (tertiary/aromatic N) is 2. The smallest absolute Gasteiger partial charge is 0.354 e. The van der Waals surface area contributed by atoms with Crippen molar-refractivity contribution in [2.75, 3.05) is 0 Å². The van der Waals surface area contributed by atoms with Gasteiger partial charge in [0.2, 0.25) is 5.56 Å². The van der Waals surface area contributed by atoms with Crippen LogP contribution in [0.25, 0.3) is 21.7 Å². The van der Waals surface area contributed by atoms with Gasteiger partial charge >= 0.3 is 5.97 Å². The van der Waals surface area contributed by atoms with E-state index in [0.29, 0.717) is 10.8 Å². The van der Waals surface area contributed by atoms with Crippen molar-refractivity contribution in [2.45, 2.75) is 0 Å². The maximum Gasteiger partial charge on any atom is 0.354 e. The van der Waals surface area contributed by atoms with Gasteiger partial charge in [-0.1, -0.05) is 17.0 Å². The summed E-state index contributed by atoms with van der Waals surface area (Å²) in [7, 11) is 1.63. The van der Waals surface area contributed by atoms with Crippen LogP contribution >= 0.6 is 0 Å². The average molecular weight is 541 g/mol. The molecule has 0 aliphatic heterocycles. The molecule has 0 saturated heterocycles. The fraction of sp³-hybridized carbons (Fsp3) is 0.0500. The molecule has 0 unspecified atom stereocenters. The number of aryl methyl sites for hydroxylation is 1. The molecular weight excluding hydrogens is 527 g/mol. The predicted octanol–water partition coefficient (Wildman–Crippen LogP) is 3.21. The number of fused-ring (bicyclic) bond motifs is 3. The summed E-state index contributed by atoms with van der Waals surface area (Å²) in [5, 5.41) is 9.60. The second kappa shape index (κ2) is 8.66. The summed E-state index contributed by atoms with van der Waals surface area (Å²) < 4.78 is 15.1. The monoisotopic (exact) mass is 541 g/mol. The maximum absolute atomic E-state index is 13.7. The summed E-state index contributed by atoms with van der Waals surface area (Å²) in [5.74, 6) is -1.51. The van der Waals surface area contributed by atoms with E-state index in [2.05, 4.69) is 17.1 Å². The molecule has 2 aromatic heterocycles. The van der Waals surface area contributed by atoms with Crippen molar-refractivity contribution in [3.8, 4) is 0 Å². The molecule has 2 heterocycles. The molecule has 0 amide bonds. The van der Waals surface area contributed by atoms with Gasteiger partial charge in [-0.15, -0.1) is 18.2 Å². The number of carbonyl (C=O) groups is 1. The topological polar surface area (TPSA) is 72.2 Å². The normalized spacial score (nSPS) is 10.0. The van der Waals surface area contributed by atoms with Gasteiger partial charge < -0.3 is 9.67 Å². The van der Waals surface area contributed by atoms with Gasteiger partial charge in [0, 0.05) is 39.2 Å². The van der Waals surface area contributed by atoms with Gasteiger partial charge in [0.25, 0.3) is 0 Å². The molecule has 4 aromatic rings. The third-order valence-corrected chi connectivity index (χ3v) is 3.79. The summed E-state index contributed by atoms with van der Waals surface area (Å²) in [5.41, 5.74) is 0.464. The number of benzene rings is 2. The van der Waals surface area contributed by atoms with E-state index in [0.717, 1.165) is 5.52 Å². The third kappa shape index (κ3) is 4.10. The van der Waals surface area contributed by atoms with Crippen LogP contribution in [0.1, 0.15) is 10.5 Å². The number of carboxylic acid groups (broad SMARTS) is 1. The van der Waals surface area contributed by atoms with Gasteiger partial charge in [-0.05, 0) is 12.1 Å². The van der Waals surface area contributed by atoms with Crippen LogP contribution < -0.4 is 5.56 Å². The second-order valence-corrected chi connectivity index (χ2v) is 5.39. The summed E-state index contributed by atoms with van der Waals surface area (Å²) in [6.07, 6.45) is 1.45. The predicted molar refractivity (Wildman–Crippen MR) is 95.5 cm³/mol. The van der Waals surface area contributed by atoms with E-state index in [1.54, 1.807) is 31.3 Å². The van der Waals surface area contributed by atoms with Crippen molar-refractivity contribution in [1.82, 2.24) is 9.55 Å². The number of pyridine rings is 2. The van der Waals surface area contributed by atoms with E-state index in [9.17, 15) is 14.0 Å². The summed E-state index contributed by atoms with van der Waals surface area (Å²) in [6.45, 7) is 0. The zero-order valence-electron chi connectivity index (χ0n) is 14.1. The number of aromatic carboxylic acids is 1. The Morgan fingerprint density at radius 3 is 2.48 bits per heavy atom. The molecule has 5 nitrogen and oxygen atoms in total. The van der Waals surface area contributed by atoms with Crippen molar-refractivity contribution in [1.29, 1.82) is 0 Å². The minimum Gasteiger partial charge on any atom is -0.477 e. The molecule has 0 aliphatic carbocycles. The summed E-state index contributed by atoms with van der Waals surface area (Å²) >= 11 is 0. The first-order valence-electron chi connectivity index (χ1n) is 7.64. The fourth-order valence-corrected chi connectivity index (χ4v) is 2.55. The molecule has 0 aliphatic rings. The molecular formula is C20H13FIrN2O3-2. The molecule has 0 atom stereocenters. The van der Waals surface area contributed by atoms with E-state index >= 15 is 0 Å². The quantitative estimate of drug-likeness (QED) is 0.297. The fourth-order valence-electron chi connectivity index (χ4n) is 2.55. The molecule has 0 bridgehead atoms. The van der Waals surface area contributed by atoms with Crippen LogP contribution in [0.15, 0.2) is 59.5 Å². The van der Waals surface area contributed by atoms with Crippen molar-refractivity contribution < 1.29 is 34.4 Å². The van der Waals surface area contributed by atoms with Gasteiger partial charge in [0.1, 0.15) is 5.69 Å². The zero-order chi connectivity index (χ0) is 18.7. The maximum atomic E-state index is 13.7. The molecule has 4 rings (SSSR count). The van der Waals surface area contributed by atoms with Crippen LogP contribution in [0.2, 0.25) is 0 Å². The van der Waals surface area contributed by atoms with Crippen LogP contribution in [0.5, 0.6) is 0 Å². The van der Waals surface area contributed by atoms with Crippen LogP contribution in [-0.2, 0) is 27.2 Å². The van der Waals surface area contributed by atoms with E-state index < -0.39 is 11.8 Å². The molecule has 0 saturated carbocycles. The van der Waals surface area contributed by atoms with Crippen LogP contribution in [0.3, 0.4) is 0 Å². The Kier molecular flexibility index (Phi) is 6.55. The molecule has 0 fully saturated rings. The third-order valence-electron chi connectivity index (χ3n) is 3.79. The minimum atomic E-state index is -0.990. The molecule has 1 radical (unpaired) electrons. The van der Waals surface area contributed by atoms with Crippen molar-refractivity contribution >= 4 is 27.6 Å². The SMILES string of the molecule is Cn1c(=O)c2c(F)cc[c-]c2c2[c-]cccc21.O=C(O)c1ccccn1.[Ir]. The van der Waals surface area contributed by atoms with Crippen LogP contribution in [0.4, 0.5) is 4.39 Å². The van der Waals surface area contributed by atoms with E-state index in [-0.39, 0.29) is 36.7 Å². The largest absolute Gasteiger partial charge is 0.477 e. The zero-order valence-corrected chi connectivity index (χ0v) is 16.5. The molecule has 27 heavy (non-hydrogen) atoms. The van der Waals surface area contributed by atoms with E-state index in [1.807, 2.05) is 6.07 Å². The van der Waals surface area contributed by atoms with E-state index in [1.165, 1.54) is 29.0 Å². The Balaban J connectivity index is 0.000000224. The van der Waals surface area contributed by atoms with Gasteiger partial charge in [0.15, 0.2) is 0 Å². The number of rotatable bonds is 1. The Bertz CT molecular complexity index is 1160. The van der Waals surface area contributed by atoms with Crippen LogP contribution in [0, 0.1) is 17.9 Å². The Morgan fingerprint density at radius 1 is 1.11 bits per heavy atom. The molecule has 0 spiro atoms. The molecule has 2 aromatic carbocycles.